The van der Waals surface area contributed by atoms with E-state index in [4.69, 9.17) is 0 Å². The normalized spacial score (nSPS) is 17.2. The lowest BCUT2D eigenvalue weighted by Crippen LogP contribution is -2.43. The summed E-state index contributed by atoms with van der Waals surface area (Å²) in [4.78, 5) is 11.4. The fourth-order valence-corrected chi connectivity index (χ4v) is 3.27. The summed E-state index contributed by atoms with van der Waals surface area (Å²) >= 11 is 0. The van der Waals surface area contributed by atoms with Crippen LogP contribution in [0.3, 0.4) is 0 Å². The minimum absolute atomic E-state index is 0.0509. The quantitative estimate of drug-likeness (QED) is 0.910. The fraction of sp³-hybridized carbons (Fsp3) is 0.389. The van der Waals surface area contributed by atoms with Gasteiger partial charge in [0.05, 0.1) is 0 Å². The monoisotopic (exact) mass is 336 g/mol. The molecule has 24 heavy (non-hydrogen) atoms. The van der Waals surface area contributed by atoms with Gasteiger partial charge in [-0.1, -0.05) is 49.7 Å². The van der Waals surface area contributed by atoms with Crippen LogP contribution >= 0.6 is 0 Å². The van der Waals surface area contributed by atoms with E-state index >= 15 is 0 Å². The van der Waals surface area contributed by atoms with E-state index < -0.39 is 12.2 Å². The SMILES string of the molecule is CCCc1cc(C(N2CCC(=O)N2)C(F)(F)F)c2ccccc2c1. The Bertz CT molecular complexity index is 758. The molecule has 0 radical (unpaired) electrons. The van der Waals surface area contributed by atoms with E-state index in [-0.39, 0.29) is 24.4 Å². The zero-order valence-corrected chi connectivity index (χ0v) is 13.4. The highest BCUT2D eigenvalue weighted by Crippen LogP contribution is 2.41. The van der Waals surface area contributed by atoms with Gasteiger partial charge in [-0.05, 0) is 28.3 Å². The molecule has 6 heteroatoms. The number of fused-ring (bicyclic) bond motifs is 1. The van der Waals surface area contributed by atoms with Gasteiger partial charge >= 0.3 is 6.18 Å². The Morgan fingerprint density at radius 2 is 2.00 bits per heavy atom. The van der Waals surface area contributed by atoms with Crippen LogP contribution in [0.25, 0.3) is 10.8 Å². The van der Waals surface area contributed by atoms with Crippen molar-refractivity contribution in [1.82, 2.24) is 10.4 Å². The lowest BCUT2D eigenvalue weighted by atomic mass is 9.93. The van der Waals surface area contributed by atoms with Crippen LogP contribution < -0.4 is 5.43 Å². The second-order valence-corrected chi connectivity index (χ2v) is 6.08. The first-order valence-corrected chi connectivity index (χ1v) is 8.04. The summed E-state index contributed by atoms with van der Waals surface area (Å²) in [6.07, 6.45) is -2.83. The summed E-state index contributed by atoms with van der Waals surface area (Å²) in [5.74, 6) is -0.377. The lowest BCUT2D eigenvalue weighted by Gasteiger charge is -2.30. The highest BCUT2D eigenvalue weighted by molar-refractivity contribution is 5.87. The molecule has 2 aromatic carbocycles. The molecule has 1 saturated heterocycles. The van der Waals surface area contributed by atoms with E-state index in [2.05, 4.69) is 5.43 Å². The average molecular weight is 336 g/mol. The number of hydrogen-bond donors (Lipinski definition) is 1. The van der Waals surface area contributed by atoms with Crippen molar-refractivity contribution in [3.8, 4) is 0 Å². The van der Waals surface area contributed by atoms with Crippen molar-refractivity contribution < 1.29 is 18.0 Å². The molecule has 3 rings (SSSR count). The molecule has 1 aliphatic rings. The van der Waals surface area contributed by atoms with Crippen LogP contribution in [0.2, 0.25) is 0 Å². The largest absolute Gasteiger partial charge is 0.409 e. The molecule has 1 heterocycles. The van der Waals surface area contributed by atoms with Crippen molar-refractivity contribution >= 4 is 16.7 Å². The number of rotatable bonds is 4. The first-order chi connectivity index (χ1) is 11.4. The van der Waals surface area contributed by atoms with Gasteiger partial charge in [0.25, 0.3) is 0 Å². The molecule has 0 spiro atoms. The minimum Gasteiger partial charge on any atom is -0.288 e. The lowest BCUT2D eigenvalue weighted by molar-refractivity contribution is -0.190. The maximum atomic E-state index is 13.8. The van der Waals surface area contributed by atoms with Gasteiger partial charge in [0, 0.05) is 13.0 Å². The maximum Gasteiger partial charge on any atom is 0.409 e. The molecule has 1 unspecified atom stereocenters. The Labute approximate surface area is 138 Å². The molecule has 1 aliphatic heterocycles. The van der Waals surface area contributed by atoms with Crippen molar-refractivity contribution in [2.45, 2.75) is 38.4 Å². The van der Waals surface area contributed by atoms with Gasteiger partial charge in [0.15, 0.2) is 6.04 Å². The van der Waals surface area contributed by atoms with E-state index in [0.29, 0.717) is 5.39 Å². The second kappa shape index (κ2) is 6.43. The molecule has 1 fully saturated rings. The van der Waals surface area contributed by atoms with Crippen molar-refractivity contribution in [3.63, 3.8) is 0 Å². The van der Waals surface area contributed by atoms with Gasteiger partial charge in [-0.2, -0.15) is 13.2 Å². The number of aryl methyl sites for hydroxylation is 1. The Morgan fingerprint density at radius 1 is 1.25 bits per heavy atom. The van der Waals surface area contributed by atoms with E-state index in [0.717, 1.165) is 28.8 Å². The second-order valence-electron chi connectivity index (χ2n) is 6.08. The third kappa shape index (κ3) is 3.24. The maximum absolute atomic E-state index is 13.8. The van der Waals surface area contributed by atoms with Gasteiger partial charge in [-0.15, -0.1) is 0 Å². The molecule has 2 aromatic rings. The van der Waals surface area contributed by atoms with Crippen LogP contribution in [-0.2, 0) is 11.2 Å². The van der Waals surface area contributed by atoms with Crippen LogP contribution in [-0.4, -0.2) is 23.6 Å². The Hall–Kier alpha value is -2.08. The number of alkyl halides is 3. The van der Waals surface area contributed by atoms with E-state index in [9.17, 15) is 18.0 Å². The van der Waals surface area contributed by atoms with E-state index in [1.165, 1.54) is 0 Å². The van der Waals surface area contributed by atoms with Crippen LogP contribution in [0.4, 0.5) is 13.2 Å². The predicted molar refractivity (Wildman–Crippen MR) is 86.2 cm³/mol. The molecule has 0 saturated carbocycles. The molecule has 128 valence electrons. The van der Waals surface area contributed by atoms with Crippen LogP contribution in [0.1, 0.15) is 36.9 Å². The number of hydrazine groups is 1. The topological polar surface area (TPSA) is 32.3 Å². The Morgan fingerprint density at radius 3 is 2.62 bits per heavy atom. The number of carbonyl (C=O) groups is 1. The standard InChI is InChI=1S/C18H19F3N2O/c1-2-5-12-10-13-6-3-4-7-14(13)15(11-12)17(18(19,20)21)23-9-8-16(24)22-23/h3-4,6-7,10-11,17H,2,5,8-9H2,1H3,(H,22,24). The number of nitrogens with one attached hydrogen (secondary N) is 1. The van der Waals surface area contributed by atoms with Crippen molar-refractivity contribution in [1.29, 1.82) is 0 Å². The van der Waals surface area contributed by atoms with Gasteiger partial charge in [0.2, 0.25) is 5.91 Å². The zero-order valence-electron chi connectivity index (χ0n) is 13.4. The number of benzene rings is 2. The van der Waals surface area contributed by atoms with Gasteiger partial charge in [-0.25, -0.2) is 5.01 Å². The number of carbonyl (C=O) groups excluding carboxylic acids is 1. The van der Waals surface area contributed by atoms with Gasteiger partial charge in [-0.3, -0.25) is 10.2 Å². The molecule has 0 aliphatic carbocycles. The first kappa shape index (κ1) is 16.8. The van der Waals surface area contributed by atoms with Crippen molar-refractivity contribution in [2.75, 3.05) is 6.54 Å². The molecule has 1 amide bonds. The minimum atomic E-state index is -4.48. The summed E-state index contributed by atoms with van der Waals surface area (Å²) in [7, 11) is 0. The summed E-state index contributed by atoms with van der Waals surface area (Å²) < 4.78 is 41.5. The van der Waals surface area contributed by atoms with E-state index in [1.807, 2.05) is 25.1 Å². The number of halogens is 3. The summed E-state index contributed by atoms with van der Waals surface area (Å²) in [6.45, 7) is 2.05. The molecule has 0 bridgehead atoms. The summed E-state index contributed by atoms with van der Waals surface area (Å²) in [6, 6.07) is 8.83. The van der Waals surface area contributed by atoms with Crippen LogP contribution in [0.15, 0.2) is 36.4 Å². The van der Waals surface area contributed by atoms with Gasteiger partial charge in [0.1, 0.15) is 0 Å². The van der Waals surface area contributed by atoms with E-state index in [1.54, 1.807) is 18.2 Å². The third-order valence-corrected chi connectivity index (χ3v) is 4.26. The highest BCUT2D eigenvalue weighted by atomic mass is 19.4. The fourth-order valence-electron chi connectivity index (χ4n) is 3.27. The van der Waals surface area contributed by atoms with Crippen molar-refractivity contribution in [3.05, 3.63) is 47.5 Å². The molecule has 0 aromatic heterocycles. The molecule has 1 atom stereocenters. The number of amides is 1. The number of nitrogens with zero attached hydrogens (tertiary/aromatic N) is 1. The third-order valence-electron chi connectivity index (χ3n) is 4.26. The highest BCUT2D eigenvalue weighted by Gasteiger charge is 2.47. The zero-order chi connectivity index (χ0) is 17.3. The van der Waals surface area contributed by atoms with Crippen LogP contribution in [0, 0.1) is 0 Å². The molecule has 3 nitrogen and oxygen atoms in total. The Kier molecular flexibility index (Phi) is 4.49. The smallest absolute Gasteiger partial charge is 0.288 e. The molecular formula is C18H19F3N2O. The summed E-state index contributed by atoms with van der Waals surface area (Å²) in [5.41, 5.74) is 3.43. The van der Waals surface area contributed by atoms with Crippen LogP contribution in [0.5, 0.6) is 0 Å². The molecular weight excluding hydrogens is 317 g/mol. The van der Waals surface area contributed by atoms with Crippen molar-refractivity contribution in [2.24, 2.45) is 0 Å². The summed E-state index contributed by atoms with van der Waals surface area (Å²) in [5, 5.41) is 2.37. The Balaban J connectivity index is 2.17. The number of hydrogen-bond acceptors (Lipinski definition) is 2. The predicted octanol–water partition coefficient (Wildman–Crippen LogP) is 4.13. The first-order valence-electron chi connectivity index (χ1n) is 8.04. The average Bonchev–Trinajstić information content (AvgIpc) is 2.92. The molecule has 1 N–H and O–H groups in total. The van der Waals surface area contributed by atoms with Gasteiger partial charge < -0.3 is 0 Å².